The Hall–Kier alpha value is -3.56. The van der Waals surface area contributed by atoms with Crippen LogP contribution in [0, 0.1) is 0 Å². The largest absolute Gasteiger partial charge is 0.481 e. The van der Waals surface area contributed by atoms with E-state index in [2.05, 4.69) is 25.9 Å². The first-order valence-corrected chi connectivity index (χ1v) is 11.4. The minimum Gasteiger partial charge on any atom is -0.481 e. The van der Waals surface area contributed by atoms with Gasteiger partial charge < -0.3 is 47.7 Å². The van der Waals surface area contributed by atoms with Crippen LogP contribution < -0.4 is 27.4 Å². The molecule has 5 atom stereocenters. The summed E-state index contributed by atoms with van der Waals surface area (Å²) in [5.74, 6) is -5.05. The number of carboxylic acids is 2. The molecule has 1 heterocycles. The Balaban J connectivity index is 3.01. The number of aliphatic hydroxyl groups is 1. The van der Waals surface area contributed by atoms with Crippen LogP contribution >= 0.6 is 0 Å². The SMILES string of the molecule is CC(O)C(N)C(=O)NC(CCC(=O)O)C(=O)NC(CCCCN)C(=O)NC(Cc1cnc[nH]1)C(=O)O. The van der Waals surface area contributed by atoms with E-state index in [-0.39, 0.29) is 19.3 Å². The predicted octanol–water partition coefficient (Wildman–Crippen LogP) is -2.81. The number of aromatic amines is 1. The summed E-state index contributed by atoms with van der Waals surface area (Å²) in [7, 11) is 0. The minimum atomic E-state index is -1.37. The molecule has 0 aliphatic heterocycles. The molecule has 0 radical (unpaired) electrons. The third kappa shape index (κ3) is 10.8. The summed E-state index contributed by atoms with van der Waals surface area (Å²) >= 11 is 0. The zero-order valence-electron chi connectivity index (χ0n) is 20.0. The summed E-state index contributed by atoms with van der Waals surface area (Å²) in [6.45, 7) is 1.60. The third-order valence-corrected chi connectivity index (χ3v) is 5.28. The second-order valence-electron chi connectivity index (χ2n) is 8.29. The molecule has 11 N–H and O–H groups in total. The number of nitrogens with two attached hydrogens (primary N) is 2. The lowest BCUT2D eigenvalue weighted by atomic mass is 10.0. The maximum atomic E-state index is 13.0. The molecule has 1 aromatic heterocycles. The highest BCUT2D eigenvalue weighted by atomic mass is 16.4. The summed E-state index contributed by atoms with van der Waals surface area (Å²) in [6.07, 6.45) is 1.73. The Labute approximate surface area is 207 Å². The summed E-state index contributed by atoms with van der Waals surface area (Å²) in [4.78, 5) is 67.4. The maximum absolute atomic E-state index is 13.0. The van der Waals surface area contributed by atoms with Crippen molar-refractivity contribution in [2.45, 2.75) is 75.7 Å². The van der Waals surface area contributed by atoms with Gasteiger partial charge in [0.1, 0.15) is 24.2 Å². The van der Waals surface area contributed by atoms with Crippen LogP contribution in [0.4, 0.5) is 0 Å². The number of amides is 3. The smallest absolute Gasteiger partial charge is 0.326 e. The Morgan fingerprint density at radius 1 is 0.972 bits per heavy atom. The van der Waals surface area contributed by atoms with Gasteiger partial charge >= 0.3 is 11.9 Å². The lowest BCUT2D eigenvalue weighted by Gasteiger charge is -2.25. The molecule has 5 unspecified atom stereocenters. The van der Waals surface area contributed by atoms with Crippen LogP contribution in [-0.4, -0.2) is 91.8 Å². The highest BCUT2D eigenvalue weighted by Gasteiger charge is 2.31. The van der Waals surface area contributed by atoms with Crippen molar-refractivity contribution in [2.75, 3.05) is 6.54 Å². The first-order chi connectivity index (χ1) is 17.0. The van der Waals surface area contributed by atoms with Gasteiger partial charge in [-0.1, -0.05) is 0 Å². The monoisotopic (exact) mass is 513 g/mol. The van der Waals surface area contributed by atoms with Gasteiger partial charge in [-0.15, -0.1) is 0 Å². The van der Waals surface area contributed by atoms with Gasteiger partial charge in [-0.25, -0.2) is 9.78 Å². The van der Waals surface area contributed by atoms with Gasteiger partial charge in [0.05, 0.1) is 12.4 Å². The van der Waals surface area contributed by atoms with Gasteiger partial charge in [0, 0.05) is 24.7 Å². The number of unbranched alkanes of at least 4 members (excludes halogenated alkanes) is 1. The van der Waals surface area contributed by atoms with Gasteiger partial charge in [-0.2, -0.15) is 0 Å². The number of aliphatic carboxylic acids is 2. The van der Waals surface area contributed by atoms with Gasteiger partial charge in [-0.3, -0.25) is 19.2 Å². The number of hydrogen-bond acceptors (Lipinski definition) is 9. The van der Waals surface area contributed by atoms with E-state index in [1.807, 2.05) is 0 Å². The number of aliphatic hydroxyl groups excluding tert-OH is 1. The van der Waals surface area contributed by atoms with Crippen molar-refractivity contribution in [1.29, 1.82) is 0 Å². The molecular formula is C21H35N7O8. The van der Waals surface area contributed by atoms with Crippen LogP contribution in [0.3, 0.4) is 0 Å². The van der Waals surface area contributed by atoms with Crippen LogP contribution in [0.1, 0.15) is 44.7 Å². The molecule has 1 rings (SSSR count). The normalized spacial score (nSPS) is 15.1. The molecule has 0 aliphatic carbocycles. The van der Waals surface area contributed by atoms with Crippen LogP contribution in [0.25, 0.3) is 0 Å². The average molecular weight is 514 g/mol. The van der Waals surface area contributed by atoms with E-state index in [9.17, 15) is 34.2 Å². The molecule has 202 valence electrons. The van der Waals surface area contributed by atoms with Crippen LogP contribution in [0.15, 0.2) is 12.5 Å². The van der Waals surface area contributed by atoms with E-state index < -0.39 is 66.4 Å². The fraction of sp³-hybridized carbons (Fsp3) is 0.619. The summed E-state index contributed by atoms with van der Waals surface area (Å²) in [6, 6.07) is -5.25. The number of rotatable bonds is 17. The third-order valence-electron chi connectivity index (χ3n) is 5.28. The number of imidazole rings is 1. The van der Waals surface area contributed by atoms with Crippen molar-refractivity contribution in [1.82, 2.24) is 25.9 Å². The van der Waals surface area contributed by atoms with Crippen LogP contribution in [-0.2, 0) is 30.4 Å². The lowest BCUT2D eigenvalue weighted by Crippen LogP contribution is -2.58. The Morgan fingerprint density at radius 2 is 1.56 bits per heavy atom. The molecule has 1 aromatic rings. The van der Waals surface area contributed by atoms with E-state index in [0.717, 1.165) is 0 Å². The van der Waals surface area contributed by atoms with E-state index in [4.69, 9.17) is 16.6 Å². The van der Waals surface area contributed by atoms with Crippen molar-refractivity contribution in [3.05, 3.63) is 18.2 Å². The number of carbonyl (C=O) groups excluding carboxylic acids is 3. The standard InChI is InChI=1S/C21H35N7O8/c1-11(29)17(23)20(34)27-14(5-6-16(30)31)19(33)26-13(4-2-3-7-22)18(32)28-15(21(35)36)8-12-9-24-10-25-12/h9-11,13-15,17,29H,2-8,22-23H2,1H3,(H,24,25)(H,26,33)(H,27,34)(H,28,32)(H,30,31)(H,35,36). The highest BCUT2D eigenvalue weighted by molar-refractivity contribution is 5.94. The number of hydrogen-bond donors (Lipinski definition) is 9. The van der Waals surface area contributed by atoms with E-state index in [0.29, 0.717) is 25.1 Å². The number of aromatic nitrogens is 2. The van der Waals surface area contributed by atoms with Crippen molar-refractivity contribution in [2.24, 2.45) is 11.5 Å². The van der Waals surface area contributed by atoms with Gasteiger partial charge in [0.2, 0.25) is 17.7 Å². The number of carboxylic acid groups (broad SMARTS) is 2. The first kappa shape index (κ1) is 30.5. The minimum absolute atomic E-state index is 0.0843. The summed E-state index contributed by atoms with van der Waals surface area (Å²) in [5.41, 5.74) is 11.6. The molecule has 15 heteroatoms. The topological polar surface area (TPSA) is 263 Å². The predicted molar refractivity (Wildman–Crippen MR) is 125 cm³/mol. The lowest BCUT2D eigenvalue weighted by molar-refractivity contribution is -0.142. The van der Waals surface area contributed by atoms with Gasteiger partial charge in [-0.05, 0) is 39.2 Å². The summed E-state index contributed by atoms with van der Waals surface area (Å²) in [5, 5.41) is 35.2. The molecule has 0 saturated carbocycles. The molecule has 0 aromatic carbocycles. The van der Waals surface area contributed by atoms with Crippen LogP contribution in [0.5, 0.6) is 0 Å². The van der Waals surface area contributed by atoms with Gasteiger partial charge in [0.15, 0.2) is 0 Å². The molecule has 0 saturated heterocycles. The molecule has 36 heavy (non-hydrogen) atoms. The van der Waals surface area contributed by atoms with E-state index in [1.165, 1.54) is 19.4 Å². The fourth-order valence-corrected chi connectivity index (χ4v) is 3.15. The van der Waals surface area contributed by atoms with Crippen molar-refractivity contribution in [3.8, 4) is 0 Å². The fourth-order valence-electron chi connectivity index (χ4n) is 3.15. The number of carbonyl (C=O) groups is 5. The van der Waals surface area contributed by atoms with E-state index in [1.54, 1.807) is 0 Å². The second kappa shape index (κ2) is 15.4. The Bertz CT molecular complexity index is 878. The molecule has 0 aliphatic rings. The first-order valence-electron chi connectivity index (χ1n) is 11.4. The Kier molecular flexibility index (Phi) is 13.1. The highest BCUT2D eigenvalue weighted by Crippen LogP contribution is 2.07. The number of nitrogens with zero attached hydrogens (tertiary/aromatic N) is 1. The number of H-pyrrole nitrogens is 1. The molecule has 3 amide bonds. The Morgan fingerprint density at radius 3 is 2.06 bits per heavy atom. The molecule has 0 fully saturated rings. The van der Waals surface area contributed by atoms with E-state index >= 15 is 0 Å². The van der Waals surface area contributed by atoms with Crippen molar-refractivity contribution in [3.63, 3.8) is 0 Å². The number of nitrogens with one attached hydrogen (secondary N) is 4. The van der Waals surface area contributed by atoms with Crippen molar-refractivity contribution < 1.29 is 39.3 Å². The van der Waals surface area contributed by atoms with Crippen molar-refractivity contribution >= 4 is 29.7 Å². The average Bonchev–Trinajstić information content (AvgIpc) is 3.32. The molecule has 15 nitrogen and oxygen atoms in total. The maximum Gasteiger partial charge on any atom is 0.326 e. The quantitative estimate of drug-likeness (QED) is 0.0960. The summed E-state index contributed by atoms with van der Waals surface area (Å²) < 4.78 is 0. The second-order valence-corrected chi connectivity index (χ2v) is 8.29. The zero-order valence-corrected chi connectivity index (χ0v) is 20.0. The molecule has 0 spiro atoms. The van der Waals surface area contributed by atoms with Crippen LogP contribution in [0.2, 0.25) is 0 Å². The molecular weight excluding hydrogens is 478 g/mol. The zero-order chi connectivity index (χ0) is 27.3. The molecule has 0 bridgehead atoms. The van der Waals surface area contributed by atoms with Gasteiger partial charge in [0.25, 0.3) is 0 Å².